The summed E-state index contributed by atoms with van der Waals surface area (Å²) in [6.45, 7) is 1.90. The Kier molecular flexibility index (Phi) is 3.78. The van der Waals surface area contributed by atoms with Crippen LogP contribution in [0.1, 0.15) is 5.56 Å². The zero-order valence-electron chi connectivity index (χ0n) is 9.60. The number of nitrogens with one attached hydrogen (secondary N) is 1. The topological polar surface area (TPSA) is 38.0 Å². The lowest BCUT2D eigenvalue weighted by molar-refractivity contribution is 0.628. The molecule has 0 saturated carbocycles. The number of halogens is 3. The molecule has 0 radical (unpaired) electrons. The summed E-state index contributed by atoms with van der Waals surface area (Å²) >= 11 is 9.40. The van der Waals surface area contributed by atoms with Crippen LogP contribution in [0.25, 0.3) is 0 Å². The SMILES string of the molecule is Cc1cc(Nc2cc(F)ccc2Cl)c(Br)cc1N. The van der Waals surface area contributed by atoms with Crippen LogP contribution in [-0.4, -0.2) is 0 Å². The van der Waals surface area contributed by atoms with Crippen molar-refractivity contribution in [1.29, 1.82) is 0 Å². The molecule has 0 aromatic heterocycles. The van der Waals surface area contributed by atoms with Gasteiger partial charge in [0.15, 0.2) is 0 Å². The summed E-state index contributed by atoms with van der Waals surface area (Å²) in [5.41, 5.74) is 8.73. The third-order valence-corrected chi connectivity index (χ3v) is 3.54. The lowest BCUT2D eigenvalue weighted by atomic mass is 10.2. The van der Waals surface area contributed by atoms with Crippen LogP contribution in [0.4, 0.5) is 21.5 Å². The van der Waals surface area contributed by atoms with E-state index in [1.807, 2.05) is 13.0 Å². The number of benzene rings is 2. The minimum absolute atomic E-state index is 0.342. The Morgan fingerprint density at radius 1 is 1.22 bits per heavy atom. The van der Waals surface area contributed by atoms with Gasteiger partial charge in [-0.25, -0.2) is 4.39 Å². The molecular formula is C13H11BrClFN2. The van der Waals surface area contributed by atoms with Crippen LogP contribution in [0.5, 0.6) is 0 Å². The van der Waals surface area contributed by atoms with Gasteiger partial charge < -0.3 is 11.1 Å². The standard InChI is InChI=1S/C13H11BrClFN2/c1-7-4-12(9(14)6-11(7)17)18-13-5-8(16)2-3-10(13)15/h2-6,18H,17H2,1H3. The first-order valence-electron chi connectivity index (χ1n) is 5.25. The van der Waals surface area contributed by atoms with E-state index >= 15 is 0 Å². The minimum Gasteiger partial charge on any atom is -0.398 e. The van der Waals surface area contributed by atoms with Gasteiger partial charge in [-0.1, -0.05) is 11.6 Å². The summed E-state index contributed by atoms with van der Waals surface area (Å²) in [6, 6.07) is 7.85. The second kappa shape index (κ2) is 5.16. The quantitative estimate of drug-likeness (QED) is 0.771. The number of hydrogen-bond acceptors (Lipinski definition) is 2. The van der Waals surface area contributed by atoms with E-state index in [2.05, 4.69) is 21.2 Å². The number of hydrogen-bond donors (Lipinski definition) is 2. The van der Waals surface area contributed by atoms with Crippen LogP contribution in [-0.2, 0) is 0 Å². The maximum Gasteiger partial charge on any atom is 0.125 e. The summed E-state index contributed by atoms with van der Waals surface area (Å²) < 4.78 is 14.0. The van der Waals surface area contributed by atoms with E-state index in [4.69, 9.17) is 17.3 Å². The largest absolute Gasteiger partial charge is 0.398 e. The average molecular weight is 330 g/mol. The average Bonchev–Trinajstić information content (AvgIpc) is 2.30. The Morgan fingerprint density at radius 3 is 2.67 bits per heavy atom. The highest BCUT2D eigenvalue weighted by Gasteiger charge is 2.07. The first kappa shape index (κ1) is 13.2. The van der Waals surface area contributed by atoms with Gasteiger partial charge in [-0.15, -0.1) is 0 Å². The smallest absolute Gasteiger partial charge is 0.125 e. The maximum absolute atomic E-state index is 13.2. The predicted octanol–water partition coefficient (Wildman–Crippen LogP) is 4.88. The monoisotopic (exact) mass is 328 g/mol. The molecule has 0 bridgehead atoms. The Balaban J connectivity index is 2.40. The van der Waals surface area contributed by atoms with Gasteiger partial charge in [0, 0.05) is 10.2 Å². The molecule has 18 heavy (non-hydrogen) atoms. The summed E-state index contributed by atoms with van der Waals surface area (Å²) in [5.74, 6) is -0.342. The normalized spacial score (nSPS) is 10.4. The van der Waals surface area contributed by atoms with Crippen LogP contribution in [0.3, 0.4) is 0 Å². The van der Waals surface area contributed by atoms with Crippen molar-refractivity contribution < 1.29 is 4.39 Å². The van der Waals surface area contributed by atoms with Crippen molar-refractivity contribution in [2.24, 2.45) is 0 Å². The molecule has 0 aliphatic heterocycles. The second-order valence-electron chi connectivity index (χ2n) is 3.94. The maximum atomic E-state index is 13.2. The minimum atomic E-state index is -0.342. The molecule has 0 saturated heterocycles. The summed E-state index contributed by atoms with van der Waals surface area (Å²) in [6.07, 6.45) is 0. The van der Waals surface area contributed by atoms with Gasteiger partial charge in [-0.2, -0.15) is 0 Å². The molecule has 0 aliphatic rings. The zero-order chi connectivity index (χ0) is 13.3. The zero-order valence-corrected chi connectivity index (χ0v) is 11.9. The van der Waals surface area contributed by atoms with E-state index in [-0.39, 0.29) is 5.82 Å². The molecule has 0 spiro atoms. The van der Waals surface area contributed by atoms with E-state index in [1.54, 1.807) is 6.07 Å². The molecule has 0 fully saturated rings. The van der Waals surface area contributed by atoms with E-state index in [1.165, 1.54) is 18.2 Å². The molecule has 3 N–H and O–H groups in total. The van der Waals surface area contributed by atoms with Gasteiger partial charge in [0.25, 0.3) is 0 Å². The number of nitrogen functional groups attached to an aromatic ring is 1. The molecule has 2 rings (SSSR count). The van der Waals surface area contributed by atoms with Crippen molar-refractivity contribution in [2.75, 3.05) is 11.1 Å². The van der Waals surface area contributed by atoms with Crippen LogP contribution in [0.15, 0.2) is 34.8 Å². The van der Waals surface area contributed by atoms with Crippen molar-refractivity contribution in [3.05, 3.63) is 51.2 Å². The summed E-state index contributed by atoms with van der Waals surface area (Å²) in [4.78, 5) is 0. The highest BCUT2D eigenvalue weighted by atomic mass is 79.9. The molecule has 5 heteroatoms. The second-order valence-corrected chi connectivity index (χ2v) is 5.20. The lowest BCUT2D eigenvalue weighted by Crippen LogP contribution is -1.96. The Hall–Kier alpha value is -1.26. The molecule has 0 unspecified atom stereocenters. The first-order valence-corrected chi connectivity index (χ1v) is 6.42. The van der Waals surface area contributed by atoms with Crippen LogP contribution >= 0.6 is 27.5 Å². The first-order chi connectivity index (χ1) is 8.47. The van der Waals surface area contributed by atoms with Gasteiger partial charge in [-0.05, 0) is 58.7 Å². The highest BCUT2D eigenvalue weighted by Crippen LogP contribution is 2.33. The molecular weight excluding hydrogens is 319 g/mol. The fourth-order valence-corrected chi connectivity index (χ4v) is 2.16. The summed E-state index contributed by atoms with van der Waals surface area (Å²) in [7, 11) is 0. The molecule has 2 nitrogen and oxygen atoms in total. The van der Waals surface area contributed by atoms with E-state index in [9.17, 15) is 4.39 Å². The van der Waals surface area contributed by atoms with Gasteiger partial charge in [0.2, 0.25) is 0 Å². The number of nitrogens with two attached hydrogens (primary N) is 1. The fraction of sp³-hybridized carbons (Fsp3) is 0.0769. The Morgan fingerprint density at radius 2 is 1.94 bits per heavy atom. The molecule has 0 heterocycles. The van der Waals surface area contributed by atoms with Crippen molar-refractivity contribution >= 4 is 44.6 Å². The fourth-order valence-electron chi connectivity index (χ4n) is 1.53. The van der Waals surface area contributed by atoms with Crippen LogP contribution < -0.4 is 11.1 Å². The third kappa shape index (κ3) is 2.76. The van der Waals surface area contributed by atoms with Crippen molar-refractivity contribution in [1.82, 2.24) is 0 Å². The van der Waals surface area contributed by atoms with E-state index < -0.39 is 0 Å². The Bertz CT molecular complexity index is 602. The van der Waals surface area contributed by atoms with Crippen molar-refractivity contribution in [3.8, 4) is 0 Å². The molecule has 0 atom stereocenters. The predicted molar refractivity (Wildman–Crippen MR) is 78.0 cm³/mol. The van der Waals surface area contributed by atoms with Crippen LogP contribution in [0, 0.1) is 12.7 Å². The summed E-state index contributed by atoms with van der Waals surface area (Å²) in [5, 5.41) is 3.53. The molecule has 0 amide bonds. The molecule has 2 aromatic carbocycles. The number of aryl methyl sites for hydroxylation is 1. The molecule has 2 aromatic rings. The number of rotatable bonds is 2. The van der Waals surface area contributed by atoms with Crippen molar-refractivity contribution in [2.45, 2.75) is 6.92 Å². The van der Waals surface area contributed by atoms with Crippen molar-refractivity contribution in [3.63, 3.8) is 0 Å². The van der Waals surface area contributed by atoms with Gasteiger partial charge in [-0.3, -0.25) is 0 Å². The van der Waals surface area contributed by atoms with E-state index in [0.717, 1.165) is 15.7 Å². The number of anilines is 3. The third-order valence-electron chi connectivity index (χ3n) is 2.55. The molecule has 94 valence electrons. The highest BCUT2D eigenvalue weighted by molar-refractivity contribution is 9.10. The van der Waals surface area contributed by atoms with Gasteiger partial charge in [0.05, 0.1) is 16.4 Å². The van der Waals surface area contributed by atoms with Gasteiger partial charge >= 0.3 is 0 Å². The lowest BCUT2D eigenvalue weighted by Gasteiger charge is -2.12. The Labute approximate surface area is 118 Å². The molecule has 0 aliphatic carbocycles. The van der Waals surface area contributed by atoms with Crippen LogP contribution in [0.2, 0.25) is 5.02 Å². The van der Waals surface area contributed by atoms with E-state index in [0.29, 0.717) is 16.4 Å². The van der Waals surface area contributed by atoms with Gasteiger partial charge in [0.1, 0.15) is 5.82 Å².